The van der Waals surface area contributed by atoms with E-state index in [0.29, 0.717) is 62.7 Å². The van der Waals surface area contributed by atoms with Gasteiger partial charge in [-0.25, -0.2) is 0 Å². The summed E-state index contributed by atoms with van der Waals surface area (Å²) in [6.07, 6.45) is 2.37. The quantitative estimate of drug-likeness (QED) is 0.636. The highest BCUT2D eigenvalue weighted by atomic mass is 16.5. The number of nitrogens with zero attached hydrogens (tertiary/aromatic N) is 2. The van der Waals surface area contributed by atoms with Gasteiger partial charge in [-0.2, -0.15) is 0 Å². The Morgan fingerprint density at radius 3 is 2.39 bits per heavy atom. The smallest absolute Gasteiger partial charge is 0.309 e. The van der Waals surface area contributed by atoms with Crippen molar-refractivity contribution in [3.63, 3.8) is 0 Å². The zero-order valence-corrected chi connectivity index (χ0v) is 17.5. The van der Waals surface area contributed by atoms with Gasteiger partial charge in [0.05, 0.1) is 18.1 Å². The average Bonchev–Trinajstić information content (AvgIpc) is 3.02. The second-order valence-electron chi connectivity index (χ2n) is 7.28. The first-order valence-electron chi connectivity index (χ1n) is 10.2. The number of ether oxygens (including phenoxy) is 1. The fraction of sp³-hybridized carbons (Fsp3) is 0.667. The zero-order chi connectivity index (χ0) is 20.7. The first-order chi connectivity index (χ1) is 13.4. The molecule has 2 rings (SSSR count). The molecule has 1 aromatic heterocycles. The summed E-state index contributed by atoms with van der Waals surface area (Å²) in [6, 6.07) is 1.75. The van der Waals surface area contributed by atoms with E-state index in [1.165, 1.54) is 0 Å². The van der Waals surface area contributed by atoms with Crippen LogP contribution in [0.2, 0.25) is 0 Å². The highest BCUT2D eigenvalue weighted by Crippen LogP contribution is 2.20. The maximum Gasteiger partial charge on any atom is 0.309 e. The SMILES string of the molecule is CCCN(CCC(=O)N1CCC(C(=O)OCC)CC1)C(=O)c1cc(C)oc1C. The Balaban J connectivity index is 1.88. The highest BCUT2D eigenvalue weighted by Gasteiger charge is 2.28. The number of esters is 1. The summed E-state index contributed by atoms with van der Waals surface area (Å²) in [5.41, 5.74) is 0.564. The Kier molecular flexibility index (Phi) is 8.08. The molecule has 0 radical (unpaired) electrons. The first kappa shape index (κ1) is 22.0. The number of piperidine rings is 1. The van der Waals surface area contributed by atoms with Crippen LogP contribution in [0.15, 0.2) is 10.5 Å². The van der Waals surface area contributed by atoms with Gasteiger partial charge >= 0.3 is 5.97 Å². The minimum absolute atomic E-state index is 0.0244. The van der Waals surface area contributed by atoms with Crippen LogP contribution in [-0.4, -0.2) is 60.4 Å². The summed E-state index contributed by atoms with van der Waals surface area (Å²) in [5.74, 6) is 0.963. The number of likely N-dealkylation sites (tertiary alicyclic amines) is 1. The van der Waals surface area contributed by atoms with E-state index in [-0.39, 0.29) is 30.1 Å². The number of amides is 2. The first-order valence-corrected chi connectivity index (χ1v) is 10.2. The normalized spacial score (nSPS) is 14.8. The van der Waals surface area contributed by atoms with E-state index in [1.807, 2.05) is 13.8 Å². The number of rotatable bonds is 8. The van der Waals surface area contributed by atoms with Gasteiger partial charge in [0.2, 0.25) is 5.91 Å². The van der Waals surface area contributed by atoms with Crippen molar-refractivity contribution in [1.82, 2.24) is 9.80 Å². The molecule has 2 heterocycles. The Morgan fingerprint density at radius 1 is 1.18 bits per heavy atom. The van der Waals surface area contributed by atoms with Crippen LogP contribution in [0.5, 0.6) is 0 Å². The zero-order valence-electron chi connectivity index (χ0n) is 17.5. The van der Waals surface area contributed by atoms with Crippen molar-refractivity contribution >= 4 is 17.8 Å². The van der Waals surface area contributed by atoms with Gasteiger partial charge in [0.1, 0.15) is 11.5 Å². The largest absolute Gasteiger partial charge is 0.466 e. The van der Waals surface area contributed by atoms with E-state index < -0.39 is 0 Å². The van der Waals surface area contributed by atoms with Gasteiger partial charge in [-0.15, -0.1) is 0 Å². The summed E-state index contributed by atoms with van der Waals surface area (Å²) in [4.78, 5) is 40.8. The minimum atomic E-state index is -0.167. The Morgan fingerprint density at radius 2 is 1.86 bits per heavy atom. The van der Waals surface area contributed by atoms with Gasteiger partial charge in [0.25, 0.3) is 5.91 Å². The fourth-order valence-electron chi connectivity index (χ4n) is 3.61. The molecule has 1 saturated heterocycles. The van der Waals surface area contributed by atoms with Crippen LogP contribution in [0.4, 0.5) is 0 Å². The molecule has 0 N–H and O–H groups in total. The molecule has 1 aliphatic heterocycles. The van der Waals surface area contributed by atoms with Gasteiger partial charge in [-0.1, -0.05) is 6.92 Å². The Bertz CT molecular complexity index is 689. The summed E-state index contributed by atoms with van der Waals surface area (Å²) in [7, 11) is 0. The number of hydrogen-bond donors (Lipinski definition) is 0. The molecular weight excluding hydrogens is 360 g/mol. The Labute approximate surface area is 167 Å². The third-order valence-corrected chi connectivity index (χ3v) is 5.12. The van der Waals surface area contributed by atoms with Crippen LogP contribution in [0.3, 0.4) is 0 Å². The van der Waals surface area contributed by atoms with Crippen LogP contribution in [0.1, 0.15) is 61.4 Å². The van der Waals surface area contributed by atoms with Crippen molar-refractivity contribution in [3.8, 4) is 0 Å². The Hall–Kier alpha value is -2.31. The maximum atomic E-state index is 12.8. The third-order valence-electron chi connectivity index (χ3n) is 5.12. The molecule has 1 fully saturated rings. The molecule has 0 spiro atoms. The maximum absolute atomic E-state index is 12.8. The average molecular weight is 392 g/mol. The van der Waals surface area contributed by atoms with Crippen molar-refractivity contribution in [2.24, 2.45) is 5.92 Å². The monoisotopic (exact) mass is 392 g/mol. The highest BCUT2D eigenvalue weighted by molar-refractivity contribution is 5.95. The van der Waals surface area contributed by atoms with Gasteiger partial charge < -0.3 is 19.0 Å². The molecule has 0 bridgehead atoms. The van der Waals surface area contributed by atoms with Crippen molar-refractivity contribution in [1.29, 1.82) is 0 Å². The lowest BCUT2D eigenvalue weighted by Crippen LogP contribution is -2.42. The van der Waals surface area contributed by atoms with Gasteiger partial charge in [-0.05, 0) is 46.1 Å². The molecule has 0 aromatic carbocycles. The molecule has 1 aliphatic rings. The van der Waals surface area contributed by atoms with E-state index >= 15 is 0 Å². The summed E-state index contributed by atoms with van der Waals surface area (Å²) in [6.45, 7) is 9.89. The van der Waals surface area contributed by atoms with E-state index in [2.05, 4.69) is 0 Å². The number of hydrogen-bond acceptors (Lipinski definition) is 5. The van der Waals surface area contributed by atoms with Crippen LogP contribution >= 0.6 is 0 Å². The standard InChI is InChI=1S/C21H32N2O5/c1-5-10-23(20(25)18-14-15(3)28-16(18)4)13-9-19(24)22-11-7-17(8-12-22)21(26)27-6-2/h14,17H,5-13H2,1-4H3. The van der Waals surface area contributed by atoms with E-state index in [1.54, 1.807) is 29.7 Å². The number of aryl methyl sites for hydroxylation is 2. The van der Waals surface area contributed by atoms with E-state index in [0.717, 1.165) is 6.42 Å². The summed E-state index contributed by atoms with van der Waals surface area (Å²) < 4.78 is 10.5. The molecular formula is C21H32N2O5. The molecule has 0 unspecified atom stereocenters. The second kappa shape index (κ2) is 10.3. The molecule has 7 nitrogen and oxygen atoms in total. The lowest BCUT2D eigenvalue weighted by atomic mass is 9.97. The molecule has 0 atom stereocenters. The number of furan rings is 1. The number of carbonyl (C=O) groups is 3. The lowest BCUT2D eigenvalue weighted by molar-refractivity contribution is -0.151. The second-order valence-corrected chi connectivity index (χ2v) is 7.28. The van der Waals surface area contributed by atoms with Gasteiger partial charge in [-0.3, -0.25) is 14.4 Å². The molecule has 28 heavy (non-hydrogen) atoms. The molecule has 1 aromatic rings. The number of carbonyl (C=O) groups excluding carboxylic acids is 3. The van der Waals surface area contributed by atoms with E-state index in [4.69, 9.17) is 9.15 Å². The fourth-order valence-corrected chi connectivity index (χ4v) is 3.61. The van der Waals surface area contributed by atoms with Crippen LogP contribution in [-0.2, 0) is 14.3 Å². The minimum Gasteiger partial charge on any atom is -0.466 e. The van der Waals surface area contributed by atoms with Crippen LogP contribution in [0, 0.1) is 19.8 Å². The molecule has 7 heteroatoms. The summed E-state index contributed by atoms with van der Waals surface area (Å²) in [5, 5.41) is 0. The van der Waals surface area contributed by atoms with Crippen molar-refractivity contribution in [2.75, 3.05) is 32.8 Å². The predicted molar refractivity (Wildman–Crippen MR) is 105 cm³/mol. The van der Waals surface area contributed by atoms with Crippen molar-refractivity contribution in [3.05, 3.63) is 23.2 Å². The van der Waals surface area contributed by atoms with Crippen molar-refractivity contribution < 1.29 is 23.5 Å². The predicted octanol–water partition coefficient (Wildman–Crippen LogP) is 2.94. The molecule has 156 valence electrons. The van der Waals surface area contributed by atoms with E-state index in [9.17, 15) is 14.4 Å². The van der Waals surface area contributed by atoms with Crippen molar-refractivity contribution in [2.45, 2.75) is 53.4 Å². The molecule has 2 amide bonds. The van der Waals surface area contributed by atoms with Crippen LogP contribution < -0.4 is 0 Å². The molecule has 0 aliphatic carbocycles. The lowest BCUT2D eigenvalue weighted by Gasteiger charge is -2.31. The third kappa shape index (κ3) is 5.59. The van der Waals surface area contributed by atoms with Crippen LogP contribution in [0.25, 0.3) is 0 Å². The van der Waals surface area contributed by atoms with Gasteiger partial charge in [0, 0.05) is 32.6 Å². The van der Waals surface area contributed by atoms with Gasteiger partial charge in [0.15, 0.2) is 0 Å². The molecule has 0 saturated carbocycles. The summed E-state index contributed by atoms with van der Waals surface area (Å²) >= 11 is 0. The topological polar surface area (TPSA) is 80.1 Å².